The molecule has 3 nitrogen and oxygen atoms in total. The van der Waals surface area contributed by atoms with Gasteiger partial charge in [0, 0.05) is 13.1 Å². The van der Waals surface area contributed by atoms with E-state index < -0.39 is 0 Å². The average molecular weight is 249 g/mol. The van der Waals surface area contributed by atoms with Gasteiger partial charge in [0.1, 0.15) is 0 Å². The number of hydrogen-bond donors (Lipinski definition) is 2. The molecular weight excluding hydrogens is 226 g/mol. The van der Waals surface area contributed by atoms with Gasteiger partial charge in [-0.2, -0.15) is 0 Å². The van der Waals surface area contributed by atoms with Crippen LogP contribution in [0.15, 0.2) is 18.2 Å². The molecule has 1 aliphatic carbocycles. The van der Waals surface area contributed by atoms with Crippen molar-refractivity contribution in [2.75, 3.05) is 13.7 Å². The Morgan fingerprint density at radius 2 is 2.17 bits per heavy atom. The van der Waals surface area contributed by atoms with Crippen molar-refractivity contribution in [3.63, 3.8) is 0 Å². The topological polar surface area (TPSA) is 41.5 Å². The number of phenols is 1. The first kappa shape index (κ1) is 13.2. The van der Waals surface area contributed by atoms with Crippen molar-refractivity contribution in [2.24, 2.45) is 5.41 Å². The zero-order valence-electron chi connectivity index (χ0n) is 11.3. The van der Waals surface area contributed by atoms with Gasteiger partial charge < -0.3 is 15.2 Å². The minimum atomic E-state index is 0.200. The maximum Gasteiger partial charge on any atom is 0.160 e. The lowest BCUT2D eigenvalue weighted by atomic mass is 10.0. The first-order chi connectivity index (χ1) is 8.69. The summed E-state index contributed by atoms with van der Waals surface area (Å²) in [5, 5.41) is 13.0. The summed E-state index contributed by atoms with van der Waals surface area (Å²) in [7, 11) is 1.58. The summed E-state index contributed by atoms with van der Waals surface area (Å²) >= 11 is 0. The molecule has 1 aromatic rings. The van der Waals surface area contributed by atoms with Crippen molar-refractivity contribution >= 4 is 0 Å². The Kier molecular flexibility index (Phi) is 4.12. The molecule has 1 fully saturated rings. The molecule has 0 amide bonds. The number of hydrogen-bond acceptors (Lipinski definition) is 3. The van der Waals surface area contributed by atoms with E-state index in [1.807, 2.05) is 12.1 Å². The zero-order chi connectivity index (χ0) is 13.0. The molecule has 0 aliphatic heterocycles. The summed E-state index contributed by atoms with van der Waals surface area (Å²) in [4.78, 5) is 0. The van der Waals surface area contributed by atoms with Crippen molar-refractivity contribution in [2.45, 2.75) is 39.2 Å². The number of aromatic hydroxyl groups is 1. The van der Waals surface area contributed by atoms with Crippen LogP contribution in [0.25, 0.3) is 0 Å². The van der Waals surface area contributed by atoms with Gasteiger partial charge >= 0.3 is 0 Å². The fraction of sp³-hybridized carbons (Fsp3) is 0.600. The zero-order valence-corrected chi connectivity index (χ0v) is 11.3. The number of methoxy groups -OCH3 is 1. The van der Waals surface area contributed by atoms with E-state index in [9.17, 15) is 5.11 Å². The van der Waals surface area contributed by atoms with Gasteiger partial charge in [0.25, 0.3) is 0 Å². The second-order valence-electron chi connectivity index (χ2n) is 5.36. The predicted octanol–water partition coefficient (Wildman–Crippen LogP) is 3.07. The van der Waals surface area contributed by atoms with E-state index in [4.69, 9.17) is 4.74 Å². The van der Waals surface area contributed by atoms with Crippen molar-refractivity contribution in [1.82, 2.24) is 5.32 Å². The Labute approximate surface area is 109 Å². The number of benzene rings is 1. The monoisotopic (exact) mass is 249 g/mol. The molecule has 0 unspecified atom stereocenters. The summed E-state index contributed by atoms with van der Waals surface area (Å²) in [6, 6.07) is 5.51. The van der Waals surface area contributed by atoms with Crippen LogP contribution in [0.5, 0.6) is 11.5 Å². The van der Waals surface area contributed by atoms with Crippen molar-refractivity contribution < 1.29 is 9.84 Å². The number of phenolic OH excluding ortho intramolecular Hbond substituents is 1. The third-order valence-electron chi connectivity index (χ3n) is 3.81. The molecule has 0 heterocycles. The highest BCUT2D eigenvalue weighted by Crippen LogP contribution is 2.48. The van der Waals surface area contributed by atoms with E-state index in [0.29, 0.717) is 11.2 Å². The van der Waals surface area contributed by atoms with Gasteiger partial charge in [-0.3, -0.25) is 0 Å². The molecule has 0 saturated heterocycles. The Hall–Kier alpha value is -1.22. The molecule has 0 spiro atoms. The molecule has 3 heteroatoms. The van der Waals surface area contributed by atoms with Crippen LogP contribution in [-0.2, 0) is 6.54 Å². The lowest BCUT2D eigenvalue weighted by Crippen LogP contribution is -2.23. The van der Waals surface area contributed by atoms with Crippen molar-refractivity contribution in [3.8, 4) is 11.5 Å². The van der Waals surface area contributed by atoms with Crippen LogP contribution in [0, 0.1) is 5.41 Å². The SMILES string of the molecule is CCCC1(CNCc2ccc(O)c(OC)c2)CC1. The highest BCUT2D eigenvalue weighted by molar-refractivity contribution is 5.41. The highest BCUT2D eigenvalue weighted by atomic mass is 16.5. The van der Waals surface area contributed by atoms with Crippen LogP contribution < -0.4 is 10.1 Å². The fourth-order valence-corrected chi connectivity index (χ4v) is 2.53. The van der Waals surface area contributed by atoms with E-state index >= 15 is 0 Å². The van der Waals surface area contributed by atoms with Gasteiger partial charge in [0.2, 0.25) is 0 Å². The summed E-state index contributed by atoms with van der Waals surface area (Å²) in [6.07, 6.45) is 5.34. The summed E-state index contributed by atoms with van der Waals surface area (Å²) in [5.74, 6) is 0.745. The largest absolute Gasteiger partial charge is 0.504 e. The number of ether oxygens (including phenoxy) is 1. The summed E-state index contributed by atoms with van der Waals surface area (Å²) < 4.78 is 5.11. The lowest BCUT2D eigenvalue weighted by Gasteiger charge is -2.15. The van der Waals surface area contributed by atoms with Gasteiger partial charge in [0.15, 0.2) is 11.5 Å². The van der Waals surface area contributed by atoms with Gasteiger partial charge in [-0.25, -0.2) is 0 Å². The standard InChI is InChI=1S/C15H23NO2/c1-3-6-15(7-8-15)11-16-10-12-4-5-13(17)14(9-12)18-2/h4-5,9,16-17H,3,6-8,10-11H2,1-2H3. The molecule has 1 aromatic carbocycles. The second-order valence-corrected chi connectivity index (χ2v) is 5.36. The Morgan fingerprint density at radius 1 is 1.39 bits per heavy atom. The normalized spacial score (nSPS) is 16.6. The van der Waals surface area contributed by atoms with E-state index in [-0.39, 0.29) is 5.75 Å². The molecule has 2 N–H and O–H groups in total. The second kappa shape index (κ2) is 5.61. The van der Waals surface area contributed by atoms with Gasteiger partial charge in [-0.1, -0.05) is 19.4 Å². The van der Waals surface area contributed by atoms with Crippen LogP contribution in [-0.4, -0.2) is 18.8 Å². The summed E-state index contributed by atoms with van der Waals surface area (Å²) in [5.41, 5.74) is 1.73. The molecule has 0 radical (unpaired) electrons. The molecule has 1 saturated carbocycles. The molecule has 0 aromatic heterocycles. The molecule has 18 heavy (non-hydrogen) atoms. The van der Waals surface area contributed by atoms with Gasteiger partial charge in [0.05, 0.1) is 7.11 Å². The Morgan fingerprint density at radius 3 is 2.78 bits per heavy atom. The predicted molar refractivity (Wildman–Crippen MR) is 72.9 cm³/mol. The Bertz CT molecular complexity index is 399. The van der Waals surface area contributed by atoms with Gasteiger partial charge in [-0.05, 0) is 42.4 Å². The molecule has 0 bridgehead atoms. The molecule has 0 atom stereocenters. The molecule has 2 rings (SSSR count). The smallest absolute Gasteiger partial charge is 0.160 e. The molecular formula is C15H23NO2. The van der Waals surface area contributed by atoms with Crippen LogP contribution >= 0.6 is 0 Å². The fourth-order valence-electron chi connectivity index (χ4n) is 2.53. The minimum absolute atomic E-state index is 0.200. The van der Waals surface area contributed by atoms with Crippen LogP contribution in [0.4, 0.5) is 0 Å². The van der Waals surface area contributed by atoms with Crippen LogP contribution in [0.3, 0.4) is 0 Å². The van der Waals surface area contributed by atoms with Crippen molar-refractivity contribution in [3.05, 3.63) is 23.8 Å². The third-order valence-corrected chi connectivity index (χ3v) is 3.81. The van der Waals surface area contributed by atoms with Crippen LogP contribution in [0.1, 0.15) is 38.2 Å². The quantitative estimate of drug-likeness (QED) is 0.780. The van der Waals surface area contributed by atoms with Crippen LogP contribution in [0.2, 0.25) is 0 Å². The van der Waals surface area contributed by atoms with E-state index in [1.54, 1.807) is 13.2 Å². The third kappa shape index (κ3) is 3.16. The average Bonchev–Trinajstić information content (AvgIpc) is 3.12. The van der Waals surface area contributed by atoms with E-state index in [1.165, 1.54) is 25.7 Å². The first-order valence-electron chi connectivity index (χ1n) is 6.76. The maximum atomic E-state index is 9.52. The number of nitrogens with one attached hydrogen (secondary N) is 1. The molecule has 1 aliphatic rings. The summed E-state index contributed by atoms with van der Waals surface area (Å²) in [6.45, 7) is 4.19. The number of rotatable bonds is 7. The maximum absolute atomic E-state index is 9.52. The van der Waals surface area contributed by atoms with E-state index in [0.717, 1.165) is 18.7 Å². The first-order valence-corrected chi connectivity index (χ1v) is 6.76. The van der Waals surface area contributed by atoms with Crippen molar-refractivity contribution in [1.29, 1.82) is 0 Å². The minimum Gasteiger partial charge on any atom is -0.504 e. The van der Waals surface area contributed by atoms with Gasteiger partial charge in [-0.15, -0.1) is 0 Å². The molecule has 100 valence electrons. The van der Waals surface area contributed by atoms with E-state index in [2.05, 4.69) is 12.2 Å². The lowest BCUT2D eigenvalue weighted by molar-refractivity contribution is 0.372. The Balaban J connectivity index is 1.83. The highest BCUT2D eigenvalue weighted by Gasteiger charge is 2.40.